The van der Waals surface area contributed by atoms with E-state index >= 15 is 0 Å². The zero-order chi connectivity index (χ0) is 76.1. The molecule has 0 spiro atoms. The lowest BCUT2D eigenvalue weighted by atomic mass is 9.71. The van der Waals surface area contributed by atoms with Gasteiger partial charge in [-0.1, -0.05) is 159 Å². The Morgan fingerprint density at radius 1 is 0.510 bits per heavy atom. The minimum atomic E-state index is -1.18. The molecule has 0 bridgehead atoms. The van der Waals surface area contributed by atoms with Crippen LogP contribution in [-0.2, 0) is 35.1 Å². The number of aliphatic hydroxyl groups is 2. The number of hydrogen-bond donors (Lipinski definition) is 13. The van der Waals surface area contributed by atoms with E-state index in [-0.39, 0.29) is 86.6 Å². The van der Waals surface area contributed by atoms with E-state index in [4.69, 9.17) is 14.6 Å². The zero-order valence-electron chi connectivity index (χ0n) is 59.0. The molecule has 540 valence electrons. The molecule has 0 amide bonds. The van der Waals surface area contributed by atoms with E-state index in [0.717, 1.165) is 69.3 Å². The van der Waals surface area contributed by atoms with Crippen LogP contribution in [0.15, 0.2) is 209 Å². The van der Waals surface area contributed by atoms with Crippen molar-refractivity contribution in [2.45, 2.75) is 127 Å². The summed E-state index contributed by atoms with van der Waals surface area (Å²) in [6.45, 7) is 23.1. The fourth-order valence-electron chi connectivity index (χ4n) is 10.9. The Bertz CT molecular complexity index is 4150. The number of ether oxygens (including phenoxy) is 3. The third kappa shape index (κ3) is 23.6. The Hall–Kier alpha value is -11.6. The van der Waals surface area contributed by atoms with Crippen molar-refractivity contribution >= 4 is 41.4 Å². The predicted molar refractivity (Wildman–Crippen MR) is 388 cm³/mol. The van der Waals surface area contributed by atoms with Gasteiger partial charge in [-0.05, 0) is 154 Å². The molecule has 0 saturated heterocycles. The molecule has 1 heterocycles. The van der Waals surface area contributed by atoms with Gasteiger partial charge in [-0.2, -0.15) is 0 Å². The van der Waals surface area contributed by atoms with Crippen molar-refractivity contribution in [1.29, 1.82) is 0 Å². The standard InChI is InChI=1S/C40H52O4.C22H18O11.C14H12O3.C5H8O3/c1-27(17-13-19-29(3)21-23-33-31(5)37(43)35(41)25-39(33,7)8)15-11-12-16-28(2)18-14-20-30(4)22-24-34-32(6)38(44)36(42)26-40(34,9)10;23-10-5-12(24)11-7-18(33-22(31)9-3-15(27)20(30)16(28)4-9)21(32-17(11)6-10)8-1-13(25)19(29)14(26)2-8;15-12-5-3-10(4-6-12)1-2-11-7-13(16)9-14(17)8-11;1-3-8-5(7)4(2)6/h11-24,35-36,41-42H,25-26H2,1-10H3;1-6,18,21,23-30H,7H2;1-9,15-17H;3H2,1-2H3/b12-11+,17-13+,18-14+,23-21+,24-22+,27-15+,28-16+,29-19+,30-20+;;2-1+;/t35-,36-;18-,21-;;/m01../s1. The molecule has 5 aromatic carbocycles. The van der Waals surface area contributed by atoms with Crippen LogP contribution in [0, 0.1) is 10.8 Å². The van der Waals surface area contributed by atoms with Gasteiger partial charge in [-0.3, -0.25) is 14.4 Å². The lowest BCUT2D eigenvalue weighted by molar-refractivity contribution is -0.152. The number of phenols is 11. The maximum atomic E-state index is 12.7. The normalized spacial score (nSPS) is 18.6. The smallest absolute Gasteiger partial charge is 0.374 e. The van der Waals surface area contributed by atoms with Gasteiger partial charge in [0.1, 0.15) is 52.8 Å². The molecule has 0 saturated carbocycles. The molecule has 21 nitrogen and oxygen atoms in total. The van der Waals surface area contributed by atoms with Crippen molar-refractivity contribution in [2.24, 2.45) is 10.8 Å². The number of esters is 2. The summed E-state index contributed by atoms with van der Waals surface area (Å²) in [6, 6.07) is 17.3. The fourth-order valence-corrected chi connectivity index (χ4v) is 10.9. The average Bonchev–Trinajstić information content (AvgIpc) is 0.486. The van der Waals surface area contributed by atoms with Crippen molar-refractivity contribution in [2.75, 3.05) is 6.61 Å². The number of allylic oxidation sites excluding steroid dienone is 20. The Morgan fingerprint density at radius 2 is 0.931 bits per heavy atom. The zero-order valence-corrected chi connectivity index (χ0v) is 59.0. The Kier molecular flexibility index (Phi) is 29.0. The number of phenolic OH excluding ortho intramolecular Hbond substituents is 11. The highest BCUT2D eigenvalue weighted by Crippen LogP contribution is 2.47. The van der Waals surface area contributed by atoms with Crippen LogP contribution in [0.3, 0.4) is 0 Å². The number of ketones is 3. The minimum absolute atomic E-state index is 0.0235. The Morgan fingerprint density at radius 3 is 1.37 bits per heavy atom. The van der Waals surface area contributed by atoms with E-state index in [9.17, 15) is 85.3 Å². The van der Waals surface area contributed by atoms with Gasteiger partial charge in [-0.25, -0.2) is 9.59 Å². The minimum Gasteiger partial charge on any atom is -0.508 e. The first-order valence-electron chi connectivity index (χ1n) is 32.4. The van der Waals surface area contributed by atoms with E-state index < -0.39 is 76.6 Å². The fraction of sp³-hybridized carbons (Fsp3) is 0.272. The summed E-state index contributed by atoms with van der Waals surface area (Å²) in [6.07, 6.45) is 28.6. The van der Waals surface area contributed by atoms with Gasteiger partial charge in [-0.15, -0.1) is 0 Å². The molecule has 2 aliphatic carbocycles. The Labute approximate surface area is 592 Å². The number of Topliss-reactive ketones (excluding diaryl/α,β-unsaturated/α-hetero) is 3. The first-order valence-corrected chi connectivity index (χ1v) is 32.4. The molecule has 1 aliphatic heterocycles. The molecule has 0 radical (unpaired) electrons. The van der Waals surface area contributed by atoms with Gasteiger partial charge in [0.25, 0.3) is 0 Å². The van der Waals surface area contributed by atoms with Gasteiger partial charge in [0.2, 0.25) is 5.78 Å². The number of aromatic hydroxyl groups is 11. The predicted octanol–water partition coefficient (Wildman–Crippen LogP) is 14.3. The molecule has 0 aromatic heterocycles. The molecule has 21 heteroatoms. The first kappa shape index (κ1) is 81.1. The van der Waals surface area contributed by atoms with E-state index in [1.54, 1.807) is 63.2 Å². The second-order valence-electron chi connectivity index (χ2n) is 25.8. The van der Waals surface area contributed by atoms with Gasteiger partial charge in [0, 0.05) is 42.7 Å². The second-order valence-corrected chi connectivity index (χ2v) is 25.8. The van der Waals surface area contributed by atoms with Crippen LogP contribution in [-0.4, -0.2) is 121 Å². The quantitative estimate of drug-likeness (QED) is 0.0135. The van der Waals surface area contributed by atoms with Crippen molar-refractivity contribution in [3.8, 4) is 69.0 Å². The van der Waals surface area contributed by atoms with E-state index in [1.807, 2.05) is 80.7 Å². The van der Waals surface area contributed by atoms with E-state index in [2.05, 4.69) is 70.6 Å². The van der Waals surface area contributed by atoms with Crippen LogP contribution in [0.25, 0.3) is 12.2 Å². The molecule has 8 rings (SSSR count). The number of fused-ring (bicyclic) bond motifs is 1. The van der Waals surface area contributed by atoms with Crippen molar-refractivity contribution in [3.05, 3.63) is 236 Å². The molecule has 3 aliphatic rings. The van der Waals surface area contributed by atoms with Crippen LogP contribution >= 0.6 is 0 Å². The lowest BCUT2D eigenvalue weighted by Gasteiger charge is -2.34. The molecule has 5 aromatic rings. The highest BCUT2D eigenvalue weighted by molar-refractivity contribution is 6.32. The van der Waals surface area contributed by atoms with Crippen LogP contribution in [0.1, 0.15) is 135 Å². The Balaban J connectivity index is 0.000000280. The lowest BCUT2D eigenvalue weighted by Crippen LogP contribution is -2.35. The molecule has 13 N–H and O–H groups in total. The average molecular weight is 1400 g/mol. The molecule has 0 unspecified atom stereocenters. The number of carbonyl (C=O) groups is 5. The maximum Gasteiger partial charge on any atom is 0.374 e. The molecule has 4 atom stereocenters. The first-order chi connectivity index (χ1) is 47.8. The molecule has 0 fully saturated rings. The summed E-state index contributed by atoms with van der Waals surface area (Å²) in [5.41, 5.74) is 8.77. The highest BCUT2D eigenvalue weighted by atomic mass is 16.6. The summed E-state index contributed by atoms with van der Waals surface area (Å²) >= 11 is 0. The summed E-state index contributed by atoms with van der Waals surface area (Å²) in [7, 11) is 0. The van der Waals surface area contributed by atoms with Crippen LogP contribution in [0.2, 0.25) is 0 Å². The number of aliphatic hydroxyl groups excluding tert-OH is 2. The molecular formula is C81H90O21. The third-order valence-corrected chi connectivity index (χ3v) is 16.3. The highest BCUT2D eigenvalue weighted by Gasteiger charge is 2.40. The van der Waals surface area contributed by atoms with Crippen LogP contribution in [0.5, 0.6) is 69.0 Å². The van der Waals surface area contributed by atoms with Gasteiger partial charge < -0.3 is 80.6 Å². The summed E-state index contributed by atoms with van der Waals surface area (Å²) in [5, 5.41) is 126. The van der Waals surface area contributed by atoms with Crippen molar-refractivity contribution in [3.63, 3.8) is 0 Å². The van der Waals surface area contributed by atoms with Crippen LogP contribution < -0.4 is 4.74 Å². The molecular weight excluding hydrogens is 1310 g/mol. The monoisotopic (exact) mass is 1400 g/mol. The van der Waals surface area contributed by atoms with E-state index in [1.165, 1.54) is 19.1 Å². The van der Waals surface area contributed by atoms with Crippen molar-refractivity contribution in [1.82, 2.24) is 0 Å². The van der Waals surface area contributed by atoms with Gasteiger partial charge in [0.05, 0.1) is 12.2 Å². The number of hydrogen-bond acceptors (Lipinski definition) is 21. The third-order valence-electron chi connectivity index (χ3n) is 16.3. The number of carbonyl (C=O) groups excluding carboxylic acids is 5. The van der Waals surface area contributed by atoms with Gasteiger partial charge >= 0.3 is 11.9 Å². The van der Waals surface area contributed by atoms with Crippen LogP contribution in [0.4, 0.5) is 0 Å². The number of rotatable bonds is 17. The second kappa shape index (κ2) is 36.5. The van der Waals surface area contributed by atoms with Crippen molar-refractivity contribution < 1.29 is 105 Å². The van der Waals surface area contributed by atoms with Gasteiger partial charge in [0.15, 0.2) is 52.2 Å². The summed E-state index contributed by atoms with van der Waals surface area (Å²) in [5.74, 6) is -7.45. The largest absolute Gasteiger partial charge is 0.508 e. The number of benzene rings is 5. The SMILES string of the molecule is CC1=C(/C=C/C(C)=C/C=C/C(C)=C/C=C/C=C(C)/C=C/C=C(C)/C=C/C2=C(C)C(=O)[C@@H](O)CC2(C)C)C(C)(C)C[C@H](O)C1=O.CCOC(=O)C(C)=O.O=C(O[C@@H]1Cc2c(O)cc(O)cc2O[C@@H]1c1cc(O)c(O)c(O)c1)c1cc(O)c(O)c(O)c1.Oc1ccc(/C=C/c2cc(O)cc(O)c2)cc1. The topological polar surface area (TPSA) is 376 Å². The maximum absolute atomic E-state index is 12.7. The summed E-state index contributed by atoms with van der Waals surface area (Å²) in [4.78, 5) is 57.4. The summed E-state index contributed by atoms with van der Waals surface area (Å²) < 4.78 is 15.6. The van der Waals surface area contributed by atoms with E-state index in [0.29, 0.717) is 29.6 Å². The molecule has 102 heavy (non-hydrogen) atoms.